The van der Waals surface area contributed by atoms with E-state index in [2.05, 4.69) is 0 Å². The molecule has 0 aliphatic carbocycles. The van der Waals surface area contributed by atoms with Crippen molar-refractivity contribution in [2.24, 2.45) is 0 Å². The standard InChI is InChI=1S/C15H22BNO4/c1-15(2,3)21-14(18)17-9-8-12(10-17)11-4-6-13(7-5-11)16(19)20/h4-7,12,19-20H,8-10H2,1-3H3. The highest BCUT2D eigenvalue weighted by Gasteiger charge is 2.30. The van der Waals surface area contributed by atoms with E-state index in [4.69, 9.17) is 14.8 Å². The molecule has 2 N–H and O–H groups in total. The molecule has 0 spiro atoms. The molecule has 0 aromatic heterocycles. The third-order valence-electron chi connectivity index (χ3n) is 3.55. The Bertz CT molecular complexity index is 495. The molecule has 1 aliphatic rings. The molecule has 1 saturated heterocycles. The van der Waals surface area contributed by atoms with Crippen molar-refractivity contribution in [2.45, 2.75) is 38.7 Å². The molecule has 2 rings (SSSR count). The van der Waals surface area contributed by atoms with Gasteiger partial charge in [0.15, 0.2) is 0 Å². The fourth-order valence-corrected chi connectivity index (χ4v) is 2.46. The van der Waals surface area contributed by atoms with Crippen LogP contribution in [0.25, 0.3) is 0 Å². The number of amides is 1. The Morgan fingerprint density at radius 3 is 2.43 bits per heavy atom. The van der Waals surface area contributed by atoms with Gasteiger partial charge in [-0.15, -0.1) is 0 Å². The Hall–Kier alpha value is -1.53. The Kier molecular flexibility index (Phi) is 4.59. The van der Waals surface area contributed by atoms with Gasteiger partial charge in [-0.05, 0) is 38.2 Å². The van der Waals surface area contributed by atoms with Gasteiger partial charge in [0.2, 0.25) is 0 Å². The molecule has 0 radical (unpaired) electrons. The minimum Gasteiger partial charge on any atom is -0.444 e. The first-order valence-electron chi connectivity index (χ1n) is 7.20. The number of ether oxygens (including phenoxy) is 1. The smallest absolute Gasteiger partial charge is 0.444 e. The molecule has 1 atom stereocenters. The number of nitrogens with zero attached hydrogens (tertiary/aromatic N) is 1. The second kappa shape index (κ2) is 6.07. The lowest BCUT2D eigenvalue weighted by Crippen LogP contribution is -2.35. The van der Waals surface area contributed by atoms with Crippen molar-refractivity contribution in [2.75, 3.05) is 13.1 Å². The first-order valence-corrected chi connectivity index (χ1v) is 7.20. The fourth-order valence-electron chi connectivity index (χ4n) is 2.46. The van der Waals surface area contributed by atoms with Crippen molar-refractivity contribution < 1.29 is 19.6 Å². The van der Waals surface area contributed by atoms with Crippen molar-refractivity contribution in [1.82, 2.24) is 4.90 Å². The SMILES string of the molecule is CC(C)(C)OC(=O)N1CCC(c2ccc(B(O)O)cc2)C1. The monoisotopic (exact) mass is 291 g/mol. The molecule has 1 amide bonds. The van der Waals surface area contributed by atoms with Crippen LogP contribution in [0.2, 0.25) is 0 Å². The van der Waals surface area contributed by atoms with Crippen LogP contribution in [-0.2, 0) is 4.74 Å². The van der Waals surface area contributed by atoms with Gasteiger partial charge in [0.1, 0.15) is 5.60 Å². The number of likely N-dealkylation sites (tertiary alicyclic amines) is 1. The van der Waals surface area contributed by atoms with Gasteiger partial charge in [-0.1, -0.05) is 24.3 Å². The highest BCUT2D eigenvalue weighted by atomic mass is 16.6. The molecule has 114 valence electrons. The maximum Gasteiger partial charge on any atom is 0.488 e. The molecule has 1 aromatic carbocycles. The number of carbonyl (C=O) groups is 1. The summed E-state index contributed by atoms with van der Waals surface area (Å²) in [6.45, 7) is 6.89. The Labute approximate surface area is 125 Å². The number of rotatable bonds is 2. The predicted octanol–water partition coefficient (Wildman–Crippen LogP) is 1.09. The van der Waals surface area contributed by atoms with Gasteiger partial charge in [-0.3, -0.25) is 0 Å². The van der Waals surface area contributed by atoms with Gasteiger partial charge in [0.25, 0.3) is 0 Å². The van der Waals surface area contributed by atoms with E-state index in [0.717, 1.165) is 12.0 Å². The number of hydrogen-bond donors (Lipinski definition) is 2. The van der Waals surface area contributed by atoms with Gasteiger partial charge in [-0.2, -0.15) is 0 Å². The fraction of sp³-hybridized carbons (Fsp3) is 0.533. The molecule has 1 aliphatic heterocycles. The summed E-state index contributed by atoms with van der Waals surface area (Å²) < 4.78 is 5.38. The Balaban J connectivity index is 1.97. The largest absolute Gasteiger partial charge is 0.488 e. The molecule has 6 heteroatoms. The second-order valence-electron chi connectivity index (χ2n) is 6.45. The van der Waals surface area contributed by atoms with Crippen LogP contribution in [-0.4, -0.2) is 46.9 Å². The molecule has 21 heavy (non-hydrogen) atoms. The molecule has 1 unspecified atom stereocenters. The van der Waals surface area contributed by atoms with Crippen LogP contribution in [0.15, 0.2) is 24.3 Å². The lowest BCUT2D eigenvalue weighted by Gasteiger charge is -2.24. The second-order valence-corrected chi connectivity index (χ2v) is 6.45. The zero-order chi connectivity index (χ0) is 15.6. The van der Waals surface area contributed by atoms with Crippen LogP contribution >= 0.6 is 0 Å². The van der Waals surface area contributed by atoms with E-state index in [1.165, 1.54) is 0 Å². The summed E-state index contributed by atoms with van der Waals surface area (Å²) in [7, 11) is -1.44. The molecule has 1 fully saturated rings. The zero-order valence-corrected chi connectivity index (χ0v) is 12.7. The quantitative estimate of drug-likeness (QED) is 0.800. The van der Waals surface area contributed by atoms with Crippen molar-refractivity contribution >= 4 is 18.7 Å². The molecular formula is C15H22BNO4. The number of hydrogen-bond acceptors (Lipinski definition) is 4. The minimum absolute atomic E-state index is 0.266. The van der Waals surface area contributed by atoms with Crippen molar-refractivity contribution in [1.29, 1.82) is 0 Å². The normalized spacial score (nSPS) is 18.7. The third kappa shape index (κ3) is 4.22. The number of carbonyl (C=O) groups excluding carboxylic acids is 1. The molecule has 0 bridgehead atoms. The van der Waals surface area contributed by atoms with Crippen LogP contribution < -0.4 is 5.46 Å². The molecule has 0 saturated carbocycles. The molecule has 1 aromatic rings. The lowest BCUT2D eigenvalue weighted by atomic mass is 9.79. The summed E-state index contributed by atoms with van der Waals surface area (Å²) >= 11 is 0. The summed E-state index contributed by atoms with van der Waals surface area (Å²) in [6, 6.07) is 7.18. The van der Waals surface area contributed by atoms with Crippen molar-refractivity contribution in [3.05, 3.63) is 29.8 Å². The first kappa shape index (κ1) is 15.9. The van der Waals surface area contributed by atoms with E-state index in [9.17, 15) is 4.79 Å². The molecular weight excluding hydrogens is 269 g/mol. The van der Waals surface area contributed by atoms with E-state index in [1.54, 1.807) is 17.0 Å². The van der Waals surface area contributed by atoms with Gasteiger partial charge in [-0.25, -0.2) is 4.79 Å². The average Bonchev–Trinajstić information content (AvgIpc) is 2.86. The van der Waals surface area contributed by atoms with Crippen LogP contribution in [0, 0.1) is 0 Å². The summed E-state index contributed by atoms with van der Waals surface area (Å²) in [5.74, 6) is 0.266. The lowest BCUT2D eigenvalue weighted by molar-refractivity contribution is 0.0292. The van der Waals surface area contributed by atoms with Crippen LogP contribution in [0.4, 0.5) is 4.79 Å². The summed E-state index contributed by atoms with van der Waals surface area (Å²) in [4.78, 5) is 13.7. The average molecular weight is 291 g/mol. The number of benzene rings is 1. The van der Waals surface area contributed by atoms with Crippen molar-refractivity contribution in [3.63, 3.8) is 0 Å². The Morgan fingerprint density at radius 2 is 1.90 bits per heavy atom. The summed E-state index contributed by atoms with van der Waals surface area (Å²) in [5, 5.41) is 18.2. The van der Waals surface area contributed by atoms with Gasteiger partial charge < -0.3 is 19.7 Å². The van der Waals surface area contributed by atoms with Crippen molar-refractivity contribution in [3.8, 4) is 0 Å². The summed E-state index contributed by atoms with van der Waals surface area (Å²) in [5.41, 5.74) is 1.10. The highest BCUT2D eigenvalue weighted by molar-refractivity contribution is 6.58. The molecule has 1 heterocycles. The van der Waals surface area contributed by atoms with Crippen LogP contribution in [0.1, 0.15) is 38.7 Å². The highest BCUT2D eigenvalue weighted by Crippen LogP contribution is 2.27. The van der Waals surface area contributed by atoms with E-state index >= 15 is 0 Å². The maximum atomic E-state index is 12.0. The first-order chi connectivity index (χ1) is 9.76. The van der Waals surface area contributed by atoms with E-state index in [0.29, 0.717) is 18.6 Å². The minimum atomic E-state index is -1.44. The summed E-state index contributed by atoms with van der Waals surface area (Å²) in [6.07, 6.45) is 0.618. The predicted molar refractivity (Wildman–Crippen MR) is 81.4 cm³/mol. The van der Waals surface area contributed by atoms with E-state index in [-0.39, 0.29) is 12.0 Å². The molecule has 5 nitrogen and oxygen atoms in total. The van der Waals surface area contributed by atoms with E-state index < -0.39 is 12.7 Å². The van der Waals surface area contributed by atoms with Crippen LogP contribution in [0.5, 0.6) is 0 Å². The van der Waals surface area contributed by atoms with E-state index in [1.807, 2.05) is 32.9 Å². The van der Waals surface area contributed by atoms with Gasteiger partial charge in [0, 0.05) is 19.0 Å². The zero-order valence-electron chi connectivity index (χ0n) is 12.7. The maximum absolute atomic E-state index is 12.0. The topological polar surface area (TPSA) is 70.0 Å². The van der Waals surface area contributed by atoms with Gasteiger partial charge >= 0.3 is 13.2 Å². The Morgan fingerprint density at radius 1 is 1.29 bits per heavy atom. The van der Waals surface area contributed by atoms with Crippen LogP contribution in [0.3, 0.4) is 0 Å². The van der Waals surface area contributed by atoms with Gasteiger partial charge in [0.05, 0.1) is 0 Å². The third-order valence-corrected chi connectivity index (χ3v) is 3.55.